The predicted octanol–water partition coefficient (Wildman–Crippen LogP) is 3.35. The summed E-state index contributed by atoms with van der Waals surface area (Å²) in [6.07, 6.45) is 0.988. The van der Waals surface area contributed by atoms with Gasteiger partial charge in [0.15, 0.2) is 5.96 Å². The number of benzene rings is 1. The summed E-state index contributed by atoms with van der Waals surface area (Å²) < 4.78 is 1.96. The highest BCUT2D eigenvalue weighted by Crippen LogP contribution is 2.25. The molecule has 0 unspecified atom stereocenters. The van der Waals surface area contributed by atoms with E-state index in [4.69, 9.17) is 5.73 Å². The fourth-order valence-electron chi connectivity index (χ4n) is 1.00. The summed E-state index contributed by atoms with van der Waals surface area (Å²) in [6.45, 7) is 2.80. The largest absolute Gasteiger partial charge is 0.370 e. The summed E-state index contributed by atoms with van der Waals surface area (Å²) >= 11 is 6.83. The van der Waals surface area contributed by atoms with Gasteiger partial charge in [0.25, 0.3) is 0 Å². The van der Waals surface area contributed by atoms with Crippen LogP contribution in [0.1, 0.15) is 13.3 Å². The minimum absolute atomic E-state index is 0.440. The maximum atomic E-state index is 5.71. The molecule has 0 saturated carbocycles. The van der Waals surface area contributed by atoms with Gasteiger partial charge < -0.3 is 11.1 Å². The van der Waals surface area contributed by atoms with Gasteiger partial charge in [0.2, 0.25) is 0 Å². The molecular weight excluding hydrogens is 322 g/mol. The van der Waals surface area contributed by atoms with Gasteiger partial charge in [0.1, 0.15) is 0 Å². The Balaban J connectivity index is 2.75. The lowest BCUT2D eigenvalue weighted by Crippen LogP contribution is -2.23. The van der Waals surface area contributed by atoms with Crippen LogP contribution in [-0.4, -0.2) is 12.5 Å². The summed E-state index contributed by atoms with van der Waals surface area (Å²) in [6, 6.07) is 5.84. The maximum absolute atomic E-state index is 5.71. The fraction of sp³-hybridized carbons (Fsp3) is 0.300. The van der Waals surface area contributed by atoms with Gasteiger partial charge in [-0.3, -0.25) is 4.99 Å². The van der Waals surface area contributed by atoms with E-state index in [9.17, 15) is 0 Å². The summed E-state index contributed by atoms with van der Waals surface area (Å²) in [4.78, 5) is 4.16. The van der Waals surface area contributed by atoms with Crippen LogP contribution in [-0.2, 0) is 0 Å². The van der Waals surface area contributed by atoms with Crippen molar-refractivity contribution in [1.82, 2.24) is 0 Å². The van der Waals surface area contributed by atoms with Gasteiger partial charge in [-0.1, -0.05) is 22.9 Å². The van der Waals surface area contributed by atoms with E-state index < -0.39 is 0 Å². The van der Waals surface area contributed by atoms with Crippen LogP contribution in [0, 0.1) is 0 Å². The number of nitrogens with two attached hydrogens (primary N) is 1. The van der Waals surface area contributed by atoms with Crippen molar-refractivity contribution >= 4 is 43.5 Å². The number of anilines is 1. The predicted molar refractivity (Wildman–Crippen MR) is 72.2 cm³/mol. The number of hydrogen-bond acceptors (Lipinski definition) is 1. The summed E-state index contributed by atoms with van der Waals surface area (Å²) in [5.41, 5.74) is 6.62. The first-order valence-corrected chi connectivity index (χ1v) is 6.24. The Morgan fingerprint density at radius 1 is 1.47 bits per heavy atom. The van der Waals surface area contributed by atoms with Crippen LogP contribution in [0.25, 0.3) is 0 Å². The van der Waals surface area contributed by atoms with Crippen molar-refractivity contribution in [2.45, 2.75) is 13.3 Å². The van der Waals surface area contributed by atoms with Crippen LogP contribution in [0.5, 0.6) is 0 Å². The van der Waals surface area contributed by atoms with Crippen LogP contribution in [0.2, 0.25) is 0 Å². The lowest BCUT2D eigenvalue weighted by atomic mass is 10.3. The number of nitrogens with zero attached hydrogens (tertiary/aromatic N) is 1. The standard InChI is InChI=1S/C10H13Br2N3/c1-2-5-14-10(13)15-9-6-7(11)3-4-8(9)12/h3-4,6H,2,5H2,1H3,(H3,13,14,15). The number of guanidine groups is 1. The number of hydrogen-bond donors (Lipinski definition) is 2. The van der Waals surface area contributed by atoms with E-state index in [0.717, 1.165) is 27.6 Å². The van der Waals surface area contributed by atoms with Crippen molar-refractivity contribution < 1.29 is 0 Å². The second-order valence-electron chi connectivity index (χ2n) is 3.02. The van der Waals surface area contributed by atoms with Gasteiger partial charge in [-0.25, -0.2) is 0 Å². The normalized spacial score (nSPS) is 11.5. The molecule has 3 nitrogen and oxygen atoms in total. The molecule has 5 heteroatoms. The van der Waals surface area contributed by atoms with Crippen molar-refractivity contribution in [3.05, 3.63) is 27.1 Å². The van der Waals surface area contributed by atoms with Crippen LogP contribution >= 0.6 is 31.9 Å². The van der Waals surface area contributed by atoms with E-state index in [-0.39, 0.29) is 0 Å². The number of halogens is 2. The van der Waals surface area contributed by atoms with Crippen molar-refractivity contribution in [2.24, 2.45) is 10.7 Å². The van der Waals surface area contributed by atoms with Crippen molar-refractivity contribution in [2.75, 3.05) is 11.9 Å². The van der Waals surface area contributed by atoms with Gasteiger partial charge >= 0.3 is 0 Å². The molecule has 1 rings (SSSR count). The molecule has 0 saturated heterocycles. The van der Waals surface area contributed by atoms with Gasteiger partial charge in [-0.05, 0) is 40.5 Å². The molecule has 0 fully saturated rings. The number of nitrogens with one attached hydrogen (secondary N) is 1. The molecule has 0 spiro atoms. The third kappa shape index (κ3) is 4.22. The molecule has 0 aliphatic carbocycles. The Kier molecular flexibility index (Phi) is 5.11. The molecular formula is C10H13Br2N3. The highest BCUT2D eigenvalue weighted by atomic mass is 79.9. The van der Waals surface area contributed by atoms with Crippen LogP contribution < -0.4 is 11.1 Å². The minimum Gasteiger partial charge on any atom is -0.370 e. The number of aliphatic imine (C=N–C) groups is 1. The first kappa shape index (κ1) is 12.5. The lowest BCUT2D eigenvalue weighted by Gasteiger charge is -2.08. The minimum atomic E-state index is 0.440. The maximum Gasteiger partial charge on any atom is 0.193 e. The SMILES string of the molecule is CCCN=C(N)Nc1cc(Br)ccc1Br. The Morgan fingerprint density at radius 3 is 2.87 bits per heavy atom. The Hall–Kier alpha value is -0.550. The van der Waals surface area contributed by atoms with E-state index in [0.29, 0.717) is 5.96 Å². The van der Waals surface area contributed by atoms with E-state index in [1.807, 2.05) is 18.2 Å². The van der Waals surface area contributed by atoms with Crippen LogP contribution in [0.15, 0.2) is 32.1 Å². The van der Waals surface area contributed by atoms with Gasteiger partial charge in [-0.2, -0.15) is 0 Å². The molecule has 0 bridgehead atoms. The molecule has 0 aliphatic heterocycles. The molecule has 1 aromatic rings. The molecule has 0 atom stereocenters. The molecule has 1 aromatic carbocycles. The van der Waals surface area contributed by atoms with E-state index in [1.54, 1.807) is 0 Å². The zero-order valence-electron chi connectivity index (χ0n) is 8.43. The zero-order chi connectivity index (χ0) is 11.3. The monoisotopic (exact) mass is 333 g/mol. The average Bonchev–Trinajstić information content (AvgIpc) is 2.20. The third-order valence-corrected chi connectivity index (χ3v) is 2.88. The third-order valence-electron chi connectivity index (χ3n) is 1.70. The molecule has 0 radical (unpaired) electrons. The lowest BCUT2D eigenvalue weighted by molar-refractivity contribution is 0.929. The Morgan fingerprint density at radius 2 is 2.20 bits per heavy atom. The highest BCUT2D eigenvalue weighted by Gasteiger charge is 2.01. The van der Waals surface area contributed by atoms with E-state index >= 15 is 0 Å². The second-order valence-corrected chi connectivity index (χ2v) is 4.79. The molecule has 15 heavy (non-hydrogen) atoms. The number of rotatable bonds is 3. The fourth-order valence-corrected chi connectivity index (χ4v) is 1.71. The van der Waals surface area contributed by atoms with E-state index in [2.05, 4.69) is 49.1 Å². The summed E-state index contributed by atoms with van der Waals surface area (Å²) in [7, 11) is 0. The first-order valence-electron chi connectivity index (χ1n) is 4.65. The smallest absolute Gasteiger partial charge is 0.193 e. The molecule has 0 heterocycles. The van der Waals surface area contributed by atoms with E-state index in [1.165, 1.54) is 0 Å². The summed E-state index contributed by atoms with van der Waals surface area (Å²) in [5.74, 6) is 0.440. The Labute approximate surface area is 106 Å². The van der Waals surface area contributed by atoms with Crippen molar-refractivity contribution in [3.63, 3.8) is 0 Å². The van der Waals surface area contributed by atoms with Crippen LogP contribution in [0.4, 0.5) is 5.69 Å². The second kappa shape index (κ2) is 6.12. The summed E-state index contributed by atoms with van der Waals surface area (Å²) in [5, 5.41) is 3.04. The van der Waals surface area contributed by atoms with Gasteiger partial charge in [0, 0.05) is 15.5 Å². The topological polar surface area (TPSA) is 50.4 Å². The molecule has 82 valence electrons. The Bertz CT molecular complexity index is 364. The van der Waals surface area contributed by atoms with Gasteiger partial charge in [0.05, 0.1) is 5.69 Å². The average molecular weight is 335 g/mol. The zero-order valence-corrected chi connectivity index (χ0v) is 11.6. The highest BCUT2D eigenvalue weighted by molar-refractivity contribution is 9.11. The molecule has 3 N–H and O–H groups in total. The van der Waals surface area contributed by atoms with Crippen LogP contribution in [0.3, 0.4) is 0 Å². The molecule has 0 amide bonds. The molecule has 0 aromatic heterocycles. The van der Waals surface area contributed by atoms with Gasteiger partial charge in [-0.15, -0.1) is 0 Å². The first-order chi connectivity index (χ1) is 7.13. The molecule has 0 aliphatic rings. The quantitative estimate of drug-likeness (QED) is 0.658. The van der Waals surface area contributed by atoms with Crippen molar-refractivity contribution in [3.8, 4) is 0 Å². The van der Waals surface area contributed by atoms with Crippen molar-refractivity contribution in [1.29, 1.82) is 0 Å².